The molecule has 1 aliphatic heterocycles. The molecule has 1 heterocycles. The van der Waals surface area contributed by atoms with Gasteiger partial charge >= 0.3 is 0 Å². The highest BCUT2D eigenvalue weighted by molar-refractivity contribution is 7.89. The molecule has 0 spiro atoms. The number of aliphatic hydroxyl groups excluding tert-OH is 1. The van der Waals surface area contributed by atoms with Gasteiger partial charge in [0.15, 0.2) is 0 Å². The average molecular weight is 342 g/mol. The maximum absolute atomic E-state index is 12.4. The van der Waals surface area contributed by atoms with Crippen LogP contribution in [0.3, 0.4) is 0 Å². The highest BCUT2D eigenvalue weighted by Crippen LogP contribution is 2.19. The van der Waals surface area contributed by atoms with Crippen molar-refractivity contribution in [3.63, 3.8) is 0 Å². The van der Waals surface area contributed by atoms with Gasteiger partial charge in [0.2, 0.25) is 10.0 Å². The lowest BCUT2D eigenvalue weighted by molar-refractivity contribution is 0.0175. The van der Waals surface area contributed by atoms with Crippen molar-refractivity contribution >= 4 is 10.0 Å². The average Bonchev–Trinajstić information content (AvgIpc) is 2.85. The number of rotatable bonds is 7. The molecule has 23 heavy (non-hydrogen) atoms. The molecule has 0 saturated carbocycles. The van der Waals surface area contributed by atoms with Crippen LogP contribution in [-0.4, -0.2) is 62.9 Å². The smallest absolute Gasteiger partial charge is 0.240 e. The molecule has 3 atom stereocenters. The van der Waals surface area contributed by atoms with Crippen LogP contribution in [0.15, 0.2) is 29.2 Å². The van der Waals surface area contributed by atoms with Gasteiger partial charge < -0.3 is 14.7 Å². The number of likely N-dealkylation sites (N-methyl/N-ethyl adjacent to an activating group) is 1. The van der Waals surface area contributed by atoms with Gasteiger partial charge in [-0.3, -0.25) is 0 Å². The first-order valence-electron chi connectivity index (χ1n) is 7.98. The molecule has 2 N–H and O–H groups in total. The van der Waals surface area contributed by atoms with Crippen molar-refractivity contribution in [1.82, 2.24) is 9.62 Å². The molecule has 1 aliphatic rings. The van der Waals surface area contributed by atoms with E-state index in [4.69, 9.17) is 4.74 Å². The van der Waals surface area contributed by atoms with Crippen LogP contribution in [0, 0.1) is 6.92 Å². The molecule has 1 saturated heterocycles. The molecule has 0 bridgehead atoms. The molecule has 1 fully saturated rings. The number of hydrogen-bond acceptors (Lipinski definition) is 5. The molecule has 0 radical (unpaired) electrons. The van der Waals surface area contributed by atoms with E-state index in [1.165, 1.54) is 0 Å². The van der Waals surface area contributed by atoms with Crippen LogP contribution < -0.4 is 4.72 Å². The molecule has 0 amide bonds. The standard InChI is InChI=1S/C16H26N2O4S/c1-4-18(5-2)10-15-16(19)14(11-22-15)17-23(20,21)13-8-6-12(3)7-9-13/h6-9,14-17,19H,4-5,10-11H2,1-3H3. The van der Waals surface area contributed by atoms with Gasteiger partial charge in [-0.25, -0.2) is 13.1 Å². The largest absolute Gasteiger partial charge is 0.389 e. The Balaban J connectivity index is 2.02. The third-order valence-electron chi connectivity index (χ3n) is 4.25. The number of hydrogen-bond donors (Lipinski definition) is 2. The van der Waals surface area contributed by atoms with Crippen molar-refractivity contribution in [3.8, 4) is 0 Å². The highest BCUT2D eigenvalue weighted by atomic mass is 32.2. The van der Waals surface area contributed by atoms with E-state index in [0.717, 1.165) is 18.7 Å². The lowest BCUT2D eigenvalue weighted by Gasteiger charge is -2.24. The van der Waals surface area contributed by atoms with E-state index in [0.29, 0.717) is 6.54 Å². The van der Waals surface area contributed by atoms with Crippen LogP contribution in [0.4, 0.5) is 0 Å². The maximum Gasteiger partial charge on any atom is 0.240 e. The normalized spacial score (nSPS) is 25.2. The fourth-order valence-electron chi connectivity index (χ4n) is 2.67. The summed E-state index contributed by atoms with van der Waals surface area (Å²) in [5.41, 5.74) is 0.993. The van der Waals surface area contributed by atoms with Crippen LogP contribution in [0.1, 0.15) is 19.4 Å². The van der Waals surface area contributed by atoms with E-state index >= 15 is 0 Å². The molecule has 2 rings (SSSR count). The van der Waals surface area contributed by atoms with E-state index in [1.54, 1.807) is 24.3 Å². The molecule has 130 valence electrons. The second-order valence-electron chi connectivity index (χ2n) is 5.89. The minimum absolute atomic E-state index is 0.179. The number of aliphatic hydroxyl groups is 1. The predicted molar refractivity (Wildman–Crippen MR) is 88.8 cm³/mol. The molecule has 0 aromatic heterocycles. The lowest BCUT2D eigenvalue weighted by atomic mass is 10.1. The summed E-state index contributed by atoms with van der Waals surface area (Å²) in [5.74, 6) is 0. The van der Waals surface area contributed by atoms with Gasteiger partial charge in [-0.1, -0.05) is 31.5 Å². The fraction of sp³-hybridized carbons (Fsp3) is 0.625. The number of sulfonamides is 1. The van der Waals surface area contributed by atoms with Gasteiger partial charge in [0.1, 0.15) is 0 Å². The molecule has 1 aromatic carbocycles. The Labute approximate surface area is 138 Å². The van der Waals surface area contributed by atoms with E-state index in [2.05, 4.69) is 9.62 Å². The number of benzene rings is 1. The Hall–Kier alpha value is -0.990. The Morgan fingerprint density at radius 3 is 2.43 bits per heavy atom. The Bertz CT molecular complexity index is 599. The summed E-state index contributed by atoms with van der Waals surface area (Å²) < 4.78 is 32.9. The topological polar surface area (TPSA) is 78.9 Å². The Kier molecular flexibility index (Phi) is 6.16. The molecule has 6 nitrogen and oxygen atoms in total. The Morgan fingerprint density at radius 1 is 1.26 bits per heavy atom. The van der Waals surface area contributed by atoms with Crippen LogP contribution >= 0.6 is 0 Å². The predicted octanol–water partition coefficient (Wildman–Crippen LogP) is 0.743. The van der Waals surface area contributed by atoms with Crippen molar-refractivity contribution in [3.05, 3.63) is 29.8 Å². The van der Waals surface area contributed by atoms with E-state index in [9.17, 15) is 13.5 Å². The van der Waals surface area contributed by atoms with Crippen molar-refractivity contribution < 1.29 is 18.3 Å². The maximum atomic E-state index is 12.4. The van der Waals surface area contributed by atoms with Crippen molar-refractivity contribution in [1.29, 1.82) is 0 Å². The second kappa shape index (κ2) is 7.72. The molecule has 1 aromatic rings. The molecular formula is C16H26N2O4S. The van der Waals surface area contributed by atoms with Crippen molar-refractivity contribution in [2.24, 2.45) is 0 Å². The summed E-state index contributed by atoms with van der Waals surface area (Å²) >= 11 is 0. The fourth-order valence-corrected chi connectivity index (χ4v) is 3.91. The highest BCUT2D eigenvalue weighted by Gasteiger charge is 2.38. The van der Waals surface area contributed by atoms with Gasteiger partial charge in [-0.05, 0) is 32.1 Å². The first kappa shape index (κ1) is 18.4. The van der Waals surface area contributed by atoms with Crippen molar-refractivity contribution in [2.45, 2.75) is 43.9 Å². The summed E-state index contributed by atoms with van der Waals surface area (Å²) in [6.07, 6.45) is -1.23. The quantitative estimate of drug-likeness (QED) is 0.764. The van der Waals surface area contributed by atoms with Crippen molar-refractivity contribution in [2.75, 3.05) is 26.2 Å². The van der Waals surface area contributed by atoms with E-state index in [1.807, 2.05) is 20.8 Å². The van der Waals surface area contributed by atoms with Crippen LogP contribution in [0.5, 0.6) is 0 Å². The van der Waals surface area contributed by atoms with Crippen LogP contribution in [-0.2, 0) is 14.8 Å². The zero-order valence-electron chi connectivity index (χ0n) is 13.9. The lowest BCUT2D eigenvalue weighted by Crippen LogP contribution is -2.46. The van der Waals surface area contributed by atoms with Crippen LogP contribution in [0.2, 0.25) is 0 Å². The SMILES string of the molecule is CCN(CC)CC1OCC(NS(=O)(=O)c2ccc(C)cc2)C1O. The summed E-state index contributed by atoms with van der Waals surface area (Å²) in [6.45, 7) is 8.49. The zero-order valence-corrected chi connectivity index (χ0v) is 14.7. The Morgan fingerprint density at radius 2 is 1.87 bits per heavy atom. The number of aryl methyl sites for hydroxylation is 1. The minimum atomic E-state index is -3.66. The van der Waals surface area contributed by atoms with E-state index < -0.39 is 22.2 Å². The molecule has 7 heteroatoms. The van der Waals surface area contributed by atoms with Gasteiger partial charge in [-0.2, -0.15) is 0 Å². The summed E-state index contributed by atoms with van der Waals surface area (Å²) in [5, 5.41) is 10.4. The first-order chi connectivity index (χ1) is 10.9. The number of ether oxygens (including phenoxy) is 1. The minimum Gasteiger partial charge on any atom is -0.389 e. The van der Waals surface area contributed by atoms with Gasteiger partial charge in [-0.15, -0.1) is 0 Å². The monoisotopic (exact) mass is 342 g/mol. The number of nitrogens with one attached hydrogen (secondary N) is 1. The summed E-state index contributed by atoms with van der Waals surface area (Å²) in [4.78, 5) is 2.34. The van der Waals surface area contributed by atoms with Gasteiger partial charge in [0, 0.05) is 6.54 Å². The summed E-state index contributed by atoms with van der Waals surface area (Å²) in [7, 11) is -3.66. The van der Waals surface area contributed by atoms with Gasteiger partial charge in [0.25, 0.3) is 0 Å². The molecule has 3 unspecified atom stereocenters. The molecule has 0 aliphatic carbocycles. The zero-order chi connectivity index (χ0) is 17.0. The third-order valence-corrected chi connectivity index (χ3v) is 5.76. The second-order valence-corrected chi connectivity index (χ2v) is 7.60. The van der Waals surface area contributed by atoms with Crippen LogP contribution in [0.25, 0.3) is 0 Å². The number of nitrogens with zero attached hydrogens (tertiary/aromatic N) is 1. The summed E-state index contributed by atoms with van der Waals surface area (Å²) in [6, 6.07) is 6.00. The molecular weight excluding hydrogens is 316 g/mol. The van der Waals surface area contributed by atoms with Gasteiger partial charge in [0.05, 0.1) is 29.8 Å². The van der Waals surface area contributed by atoms with E-state index in [-0.39, 0.29) is 17.6 Å². The first-order valence-corrected chi connectivity index (χ1v) is 9.46. The third kappa shape index (κ3) is 4.51.